The Morgan fingerprint density at radius 1 is 0.969 bits per heavy atom. The van der Waals surface area contributed by atoms with Gasteiger partial charge in [0, 0.05) is 18.9 Å². The molecule has 0 saturated heterocycles. The second kappa shape index (κ2) is 9.44. The quantitative estimate of drug-likeness (QED) is 0.467. The van der Waals surface area contributed by atoms with Crippen molar-refractivity contribution in [2.75, 3.05) is 6.54 Å². The third kappa shape index (κ3) is 4.78. The molecule has 1 aliphatic carbocycles. The number of hydrogen-bond donors (Lipinski definition) is 2. The summed E-state index contributed by atoms with van der Waals surface area (Å²) in [5, 5.41) is 6.51. The highest BCUT2D eigenvalue weighted by Crippen LogP contribution is 2.22. The molecule has 0 unspecified atom stereocenters. The number of aromatic nitrogens is 4. The van der Waals surface area contributed by atoms with E-state index in [0.29, 0.717) is 17.8 Å². The fourth-order valence-electron chi connectivity index (χ4n) is 4.42. The Morgan fingerprint density at radius 2 is 1.81 bits per heavy atom. The van der Waals surface area contributed by atoms with Crippen LogP contribution in [0.15, 0.2) is 55.0 Å². The minimum atomic E-state index is -0.257. The smallest absolute Gasteiger partial charge is 0.271 e. The topological polar surface area (TPSA) is 84.2 Å². The van der Waals surface area contributed by atoms with Gasteiger partial charge in [0.25, 0.3) is 5.91 Å². The van der Waals surface area contributed by atoms with E-state index in [1.54, 1.807) is 0 Å². The molecular weight excluding hydrogens is 400 g/mol. The fourth-order valence-corrected chi connectivity index (χ4v) is 4.42. The molecule has 1 aromatic carbocycles. The molecule has 0 aliphatic heterocycles. The largest absolute Gasteiger partial charge is 0.345 e. The molecule has 0 bridgehead atoms. The molecule has 164 valence electrons. The second-order valence-electron chi connectivity index (χ2n) is 8.60. The lowest BCUT2D eigenvalue weighted by Crippen LogP contribution is -2.24. The molecule has 1 fully saturated rings. The Kier molecular flexibility index (Phi) is 6.07. The molecule has 3 heterocycles. The average molecular weight is 429 g/mol. The van der Waals surface area contributed by atoms with Crippen molar-refractivity contribution in [3.63, 3.8) is 0 Å². The molecule has 0 atom stereocenters. The summed E-state index contributed by atoms with van der Waals surface area (Å²) in [5.41, 5.74) is 4.69. The molecule has 2 N–H and O–H groups in total. The zero-order valence-corrected chi connectivity index (χ0v) is 18.1. The van der Waals surface area contributed by atoms with Crippen LogP contribution in [0.3, 0.4) is 0 Å². The zero-order valence-electron chi connectivity index (χ0n) is 18.1. The number of para-hydroxylation sites is 2. The summed E-state index contributed by atoms with van der Waals surface area (Å²) in [4.78, 5) is 25.8. The Morgan fingerprint density at radius 3 is 2.69 bits per heavy atom. The van der Waals surface area contributed by atoms with Gasteiger partial charge in [-0.05, 0) is 49.1 Å². The van der Waals surface area contributed by atoms with Crippen molar-refractivity contribution in [3.05, 3.63) is 71.9 Å². The normalized spacial score (nSPS) is 14.8. The standard InChI is InChI=1S/C25H28N6O/c32-25(23-15-27-21-8-4-5-9-22(21)30-23)28-14-20-17-31-16-19(10-11-24(31)29-20)13-26-12-18-6-2-1-3-7-18/h4-5,8-11,15-18,26H,1-3,6-7,12-14H2,(H,28,32). The molecule has 1 saturated carbocycles. The number of nitrogens with zero attached hydrogens (tertiary/aromatic N) is 4. The van der Waals surface area contributed by atoms with Gasteiger partial charge in [-0.15, -0.1) is 0 Å². The van der Waals surface area contributed by atoms with E-state index in [9.17, 15) is 4.79 Å². The zero-order chi connectivity index (χ0) is 21.8. The maximum absolute atomic E-state index is 12.5. The van der Waals surface area contributed by atoms with Gasteiger partial charge in [0.1, 0.15) is 11.3 Å². The number of carbonyl (C=O) groups is 1. The molecule has 0 radical (unpaired) electrons. The predicted molar refractivity (Wildman–Crippen MR) is 124 cm³/mol. The molecule has 0 spiro atoms. The monoisotopic (exact) mass is 428 g/mol. The second-order valence-corrected chi connectivity index (χ2v) is 8.60. The first-order chi connectivity index (χ1) is 15.7. The van der Waals surface area contributed by atoms with Crippen molar-refractivity contribution < 1.29 is 4.79 Å². The number of rotatable bonds is 7. The first-order valence-corrected chi connectivity index (χ1v) is 11.4. The van der Waals surface area contributed by atoms with Crippen LogP contribution < -0.4 is 10.6 Å². The van der Waals surface area contributed by atoms with Crippen molar-refractivity contribution in [2.45, 2.75) is 45.2 Å². The van der Waals surface area contributed by atoms with Crippen LogP contribution in [0.5, 0.6) is 0 Å². The lowest BCUT2D eigenvalue weighted by atomic mass is 9.89. The van der Waals surface area contributed by atoms with E-state index < -0.39 is 0 Å². The van der Waals surface area contributed by atoms with Crippen molar-refractivity contribution >= 4 is 22.6 Å². The van der Waals surface area contributed by atoms with Crippen LogP contribution in [-0.4, -0.2) is 31.8 Å². The summed E-state index contributed by atoms with van der Waals surface area (Å²) < 4.78 is 2.02. The van der Waals surface area contributed by atoms with E-state index in [1.165, 1.54) is 43.9 Å². The van der Waals surface area contributed by atoms with Gasteiger partial charge < -0.3 is 15.0 Å². The highest BCUT2D eigenvalue weighted by atomic mass is 16.1. The van der Waals surface area contributed by atoms with E-state index in [4.69, 9.17) is 0 Å². The van der Waals surface area contributed by atoms with Crippen molar-refractivity contribution in [1.82, 2.24) is 30.0 Å². The molecular formula is C25H28N6O. The number of pyridine rings is 1. The van der Waals surface area contributed by atoms with Gasteiger partial charge in [-0.2, -0.15) is 0 Å². The van der Waals surface area contributed by atoms with Gasteiger partial charge in [0.05, 0.1) is 29.5 Å². The van der Waals surface area contributed by atoms with Crippen LogP contribution in [0, 0.1) is 5.92 Å². The first-order valence-electron chi connectivity index (χ1n) is 11.4. The summed E-state index contributed by atoms with van der Waals surface area (Å²) in [5.74, 6) is 0.566. The van der Waals surface area contributed by atoms with Gasteiger partial charge >= 0.3 is 0 Å². The Bertz CT molecular complexity index is 1230. The fraction of sp³-hybridized carbons (Fsp3) is 0.360. The van der Waals surface area contributed by atoms with Crippen molar-refractivity contribution in [2.24, 2.45) is 5.92 Å². The molecule has 1 aliphatic rings. The maximum Gasteiger partial charge on any atom is 0.271 e. The predicted octanol–water partition coefficient (Wildman–Crippen LogP) is 3.88. The average Bonchev–Trinajstić information content (AvgIpc) is 3.25. The molecule has 7 nitrogen and oxygen atoms in total. The molecule has 3 aromatic heterocycles. The highest BCUT2D eigenvalue weighted by molar-refractivity contribution is 5.93. The SMILES string of the molecule is O=C(NCc1cn2cc(CNCC3CCCCC3)ccc2n1)c1cnc2ccccc2n1. The highest BCUT2D eigenvalue weighted by Gasteiger charge is 2.13. The van der Waals surface area contributed by atoms with Crippen LogP contribution >= 0.6 is 0 Å². The number of nitrogens with one attached hydrogen (secondary N) is 2. The van der Waals surface area contributed by atoms with E-state index >= 15 is 0 Å². The first kappa shape index (κ1) is 20.6. The van der Waals surface area contributed by atoms with Crippen LogP contribution in [-0.2, 0) is 13.1 Å². The van der Waals surface area contributed by atoms with E-state index in [0.717, 1.165) is 35.9 Å². The maximum atomic E-state index is 12.5. The molecule has 5 rings (SSSR count). The Labute approximate surface area is 187 Å². The van der Waals surface area contributed by atoms with Gasteiger partial charge in [-0.3, -0.25) is 9.78 Å². The summed E-state index contributed by atoms with van der Waals surface area (Å²) in [6.45, 7) is 2.29. The van der Waals surface area contributed by atoms with Gasteiger partial charge in [-0.25, -0.2) is 9.97 Å². The number of imidazole rings is 1. The van der Waals surface area contributed by atoms with Crippen LogP contribution in [0.1, 0.15) is 53.8 Å². The van der Waals surface area contributed by atoms with Crippen LogP contribution in [0.4, 0.5) is 0 Å². The summed E-state index contributed by atoms with van der Waals surface area (Å²) in [6.07, 6.45) is 12.4. The van der Waals surface area contributed by atoms with Gasteiger partial charge in [0.15, 0.2) is 0 Å². The lowest BCUT2D eigenvalue weighted by molar-refractivity contribution is 0.0945. The number of benzene rings is 1. The third-order valence-corrected chi connectivity index (χ3v) is 6.16. The number of carbonyl (C=O) groups excluding carboxylic acids is 1. The lowest BCUT2D eigenvalue weighted by Gasteiger charge is -2.21. The molecule has 32 heavy (non-hydrogen) atoms. The summed E-state index contributed by atoms with van der Waals surface area (Å²) in [6, 6.07) is 11.7. The van der Waals surface area contributed by atoms with Crippen molar-refractivity contribution in [3.8, 4) is 0 Å². The van der Waals surface area contributed by atoms with Gasteiger partial charge in [-0.1, -0.05) is 37.5 Å². The third-order valence-electron chi connectivity index (χ3n) is 6.16. The minimum Gasteiger partial charge on any atom is -0.345 e. The van der Waals surface area contributed by atoms with Crippen LogP contribution in [0.2, 0.25) is 0 Å². The number of fused-ring (bicyclic) bond motifs is 2. The van der Waals surface area contributed by atoms with Crippen molar-refractivity contribution in [1.29, 1.82) is 0 Å². The van der Waals surface area contributed by atoms with Crippen LogP contribution in [0.25, 0.3) is 16.7 Å². The number of amides is 1. The molecule has 1 amide bonds. The summed E-state index contributed by atoms with van der Waals surface area (Å²) >= 11 is 0. The number of hydrogen-bond acceptors (Lipinski definition) is 5. The Hall–Kier alpha value is -3.32. The Balaban J connectivity index is 1.18. The molecule has 7 heteroatoms. The summed E-state index contributed by atoms with van der Waals surface area (Å²) in [7, 11) is 0. The molecule has 4 aromatic rings. The minimum absolute atomic E-state index is 0.257. The van der Waals surface area contributed by atoms with E-state index in [2.05, 4.69) is 37.8 Å². The van der Waals surface area contributed by atoms with E-state index in [-0.39, 0.29) is 5.91 Å². The van der Waals surface area contributed by atoms with Gasteiger partial charge in [0.2, 0.25) is 0 Å². The van der Waals surface area contributed by atoms with E-state index in [1.807, 2.05) is 40.9 Å².